The second-order valence-electron chi connectivity index (χ2n) is 15.9. The van der Waals surface area contributed by atoms with Gasteiger partial charge in [0.2, 0.25) is 0 Å². The molecule has 0 spiro atoms. The van der Waals surface area contributed by atoms with E-state index in [1.807, 2.05) is 0 Å². The van der Waals surface area contributed by atoms with Gasteiger partial charge in [-0.1, -0.05) is 207 Å². The van der Waals surface area contributed by atoms with Gasteiger partial charge in [0.1, 0.15) is 0 Å². The van der Waals surface area contributed by atoms with Crippen LogP contribution < -0.4 is 4.90 Å². The topological polar surface area (TPSA) is 3.24 Å². The van der Waals surface area contributed by atoms with Gasteiger partial charge in [-0.05, 0) is 114 Å². The fourth-order valence-corrected chi connectivity index (χ4v) is 10.1. The molecule has 60 heavy (non-hydrogen) atoms. The molecule has 1 aliphatic rings. The van der Waals surface area contributed by atoms with Gasteiger partial charge in [-0.25, -0.2) is 0 Å². The van der Waals surface area contributed by atoms with Gasteiger partial charge in [-0.2, -0.15) is 0 Å². The molecular weight excluding hydrogens is 723 g/mol. The number of rotatable bonds is 8. The molecule has 1 atom stereocenters. The number of anilines is 3. The predicted octanol–water partition coefficient (Wildman–Crippen LogP) is 16.2. The zero-order valence-corrected chi connectivity index (χ0v) is 33.6. The van der Waals surface area contributed by atoms with Gasteiger partial charge in [-0.3, -0.25) is 0 Å². The van der Waals surface area contributed by atoms with E-state index in [0.717, 1.165) is 23.5 Å². The smallest absolute Gasteiger partial charge is 0.0540 e. The minimum atomic E-state index is -0.243. The van der Waals surface area contributed by atoms with Crippen molar-refractivity contribution in [2.45, 2.75) is 18.8 Å². The van der Waals surface area contributed by atoms with Crippen LogP contribution in [0.2, 0.25) is 0 Å². The maximum atomic E-state index is 2.44. The lowest BCUT2D eigenvalue weighted by molar-refractivity contribution is 0.609. The van der Waals surface area contributed by atoms with E-state index in [2.05, 4.69) is 242 Å². The van der Waals surface area contributed by atoms with Crippen LogP contribution in [0, 0.1) is 0 Å². The van der Waals surface area contributed by atoms with Crippen LogP contribution >= 0.6 is 0 Å². The van der Waals surface area contributed by atoms with Gasteiger partial charge in [0.15, 0.2) is 0 Å². The quantitative estimate of drug-likeness (QED) is 0.149. The van der Waals surface area contributed by atoms with Crippen molar-refractivity contribution in [2.75, 3.05) is 4.90 Å². The molecule has 10 aromatic carbocycles. The minimum Gasteiger partial charge on any atom is -0.310 e. The molecule has 0 heterocycles. The van der Waals surface area contributed by atoms with Gasteiger partial charge >= 0.3 is 0 Å². The average Bonchev–Trinajstić information content (AvgIpc) is 3.63. The minimum absolute atomic E-state index is 0.243. The van der Waals surface area contributed by atoms with Gasteiger partial charge in [-0.15, -0.1) is 0 Å². The molecule has 0 saturated carbocycles. The first-order valence-corrected chi connectivity index (χ1v) is 21.1. The van der Waals surface area contributed by atoms with Crippen LogP contribution in [-0.2, 0) is 5.41 Å². The Kier molecular flexibility index (Phi) is 8.75. The molecule has 0 radical (unpaired) electrons. The highest BCUT2D eigenvalue weighted by Gasteiger charge is 2.44. The monoisotopic (exact) mass is 765 g/mol. The Morgan fingerprint density at radius 1 is 0.350 bits per heavy atom. The first-order valence-electron chi connectivity index (χ1n) is 21.1. The number of para-hydroxylation sites is 1. The summed E-state index contributed by atoms with van der Waals surface area (Å²) in [5.74, 6) is 0. The molecule has 1 heteroatoms. The van der Waals surface area contributed by atoms with Crippen LogP contribution in [-0.4, -0.2) is 0 Å². The Morgan fingerprint density at radius 2 is 0.800 bits per heavy atom. The van der Waals surface area contributed by atoms with Crippen LogP contribution in [0.4, 0.5) is 17.1 Å². The molecule has 0 saturated heterocycles. The van der Waals surface area contributed by atoms with Crippen molar-refractivity contribution < 1.29 is 0 Å². The fourth-order valence-electron chi connectivity index (χ4n) is 10.1. The largest absolute Gasteiger partial charge is 0.310 e. The van der Waals surface area contributed by atoms with Gasteiger partial charge in [0.05, 0.1) is 5.69 Å². The first kappa shape index (κ1) is 35.7. The summed E-state index contributed by atoms with van der Waals surface area (Å²) in [5.41, 5.74) is 17.1. The van der Waals surface area contributed by atoms with Crippen molar-refractivity contribution in [3.05, 3.63) is 247 Å². The normalized spacial score (nSPS) is 14.2. The second-order valence-corrected chi connectivity index (χ2v) is 15.9. The lowest BCUT2D eigenvalue weighted by atomic mass is 9.70. The number of fused-ring (bicyclic) bond motifs is 5. The zero-order chi connectivity index (χ0) is 40.0. The Morgan fingerprint density at radius 3 is 1.42 bits per heavy atom. The molecule has 0 N–H and O–H groups in total. The van der Waals surface area contributed by atoms with Crippen LogP contribution in [0.5, 0.6) is 0 Å². The molecule has 0 aliphatic heterocycles. The van der Waals surface area contributed by atoms with E-state index in [9.17, 15) is 0 Å². The Hall–Kier alpha value is -7.48. The predicted molar refractivity (Wildman–Crippen MR) is 254 cm³/mol. The summed E-state index contributed by atoms with van der Waals surface area (Å²) >= 11 is 0. The molecule has 284 valence electrons. The molecule has 0 bridgehead atoms. The van der Waals surface area contributed by atoms with Crippen molar-refractivity contribution in [2.24, 2.45) is 0 Å². The third-order valence-corrected chi connectivity index (χ3v) is 12.9. The molecule has 1 aliphatic carbocycles. The van der Waals surface area contributed by atoms with Crippen LogP contribution in [0.1, 0.15) is 30.0 Å². The number of nitrogens with zero attached hydrogens (tertiary/aromatic N) is 1. The number of hydrogen-bond donors (Lipinski definition) is 0. The van der Waals surface area contributed by atoms with Crippen molar-refractivity contribution in [3.63, 3.8) is 0 Å². The highest BCUT2D eigenvalue weighted by Crippen LogP contribution is 2.57. The standard InChI is InChI=1S/C59H43N/c1-2-59(45-21-4-3-5-22-45)55-30-12-10-26-54(55)58-53(29-16-31-56(58)59)52-25-11-13-32-57(52)60(46-37-33-43(34-38-46)50-27-14-19-41-17-6-8-23-48(41)50)47-39-35-44(36-40-47)51-28-15-20-42-18-7-9-24-49(42)51/h3-40H,2H2,1H3. The summed E-state index contributed by atoms with van der Waals surface area (Å²) in [4.78, 5) is 2.44. The second kappa shape index (κ2) is 14.7. The maximum absolute atomic E-state index is 2.44. The maximum Gasteiger partial charge on any atom is 0.0540 e. The van der Waals surface area contributed by atoms with Crippen LogP contribution in [0.3, 0.4) is 0 Å². The zero-order valence-electron chi connectivity index (χ0n) is 33.6. The lowest BCUT2D eigenvalue weighted by Gasteiger charge is -2.32. The van der Waals surface area contributed by atoms with Gasteiger partial charge in [0, 0.05) is 22.4 Å². The highest BCUT2D eigenvalue weighted by molar-refractivity contribution is 6.01. The average molecular weight is 766 g/mol. The van der Waals surface area contributed by atoms with Crippen LogP contribution in [0.25, 0.3) is 66.1 Å². The molecule has 0 amide bonds. The summed E-state index contributed by atoms with van der Waals surface area (Å²) in [7, 11) is 0. The summed E-state index contributed by atoms with van der Waals surface area (Å²) < 4.78 is 0. The summed E-state index contributed by atoms with van der Waals surface area (Å²) in [6.45, 7) is 2.34. The van der Waals surface area contributed by atoms with E-state index < -0.39 is 0 Å². The van der Waals surface area contributed by atoms with E-state index in [1.54, 1.807) is 0 Å². The van der Waals surface area contributed by atoms with Gasteiger partial charge < -0.3 is 4.90 Å². The summed E-state index contributed by atoms with van der Waals surface area (Å²) in [5, 5.41) is 5.01. The van der Waals surface area contributed by atoms with Crippen molar-refractivity contribution in [3.8, 4) is 44.5 Å². The molecule has 0 fully saturated rings. The number of hydrogen-bond acceptors (Lipinski definition) is 1. The van der Waals surface area contributed by atoms with Crippen molar-refractivity contribution in [1.82, 2.24) is 0 Å². The molecular formula is C59H43N. The van der Waals surface area contributed by atoms with E-state index in [1.165, 1.54) is 82.7 Å². The third kappa shape index (κ3) is 5.69. The molecule has 10 aromatic rings. The van der Waals surface area contributed by atoms with E-state index in [-0.39, 0.29) is 5.41 Å². The van der Waals surface area contributed by atoms with E-state index in [0.29, 0.717) is 0 Å². The molecule has 0 aromatic heterocycles. The van der Waals surface area contributed by atoms with E-state index >= 15 is 0 Å². The third-order valence-electron chi connectivity index (χ3n) is 12.9. The Bertz CT molecular complexity index is 3050. The Balaban J connectivity index is 1.10. The summed E-state index contributed by atoms with van der Waals surface area (Å²) in [6, 6.07) is 84.9. The molecule has 1 nitrogen and oxygen atoms in total. The van der Waals surface area contributed by atoms with E-state index in [4.69, 9.17) is 0 Å². The summed E-state index contributed by atoms with van der Waals surface area (Å²) in [6.07, 6.45) is 0.963. The van der Waals surface area contributed by atoms with Crippen molar-refractivity contribution in [1.29, 1.82) is 0 Å². The fraction of sp³-hybridized carbons (Fsp3) is 0.0508. The first-order chi connectivity index (χ1) is 29.7. The number of benzene rings is 10. The highest BCUT2D eigenvalue weighted by atomic mass is 15.1. The SMILES string of the molecule is CCC1(c2ccccc2)c2ccccc2-c2c(-c3ccccc3N(c3ccc(-c4cccc5ccccc45)cc3)c3ccc(-c4cccc5ccccc45)cc3)cccc21. The molecule has 11 rings (SSSR count). The van der Waals surface area contributed by atoms with Crippen LogP contribution in [0.15, 0.2) is 231 Å². The lowest BCUT2D eigenvalue weighted by Crippen LogP contribution is -2.25. The van der Waals surface area contributed by atoms with Gasteiger partial charge in [0.25, 0.3) is 0 Å². The molecule has 1 unspecified atom stereocenters. The Labute approximate surface area is 352 Å². The van der Waals surface area contributed by atoms with Crippen molar-refractivity contribution >= 4 is 38.6 Å².